The molecular weight excluding hydrogens is 240 g/mol. The molecule has 0 atom stereocenters. The Morgan fingerprint density at radius 2 is 1.84 bits per heavy atom. The minimum Gasteiger partial charge on any atom is -0.294 e. The molecule has 0 heterocycles. The summed E-state index contributed by atoms with van der Waals surface area (Å²) in [4.78, 5) is 12.0. The van der Waals surface area contributed by atoms with Gasteiger partial charge in [0, 0.05) is 11.5 Å². The number of nitrogens with zero attached hydrogens (tertiary/aromatic N) is 3. The summed E-state index contributed by atoms with van der Waals surface area (Å²) in [7, 11) is 0. The van der Waals surface area contributed by atoms with Crippen molar-refractivity contribution in [2.75, 3.05) is 5.43 Å². The fourth-order valence-corrected chi connectivity index (χ4v) is 1.81. The van der Waals surface area contributed by atoms with Crippen molar-refractivity contribution < 1.29 is 4.79 Å². The van der Waals surface area contributed by atoms with Gasteiger partial charge in [-0.05, 0) is 37.1 Å². The van der Waals surface area contributed by atoms with Crippen molar-refractivity contribution in [1.82, 2.24) is 0 Å². The summed E-state index contributed by atoms with van der Waals surface area (Å²) in [6.45, 7) is 0. The second kappa shape index (κ2) is 5.79. The third kappa shape index (κ3) is 2.97. The van der Waals surface area contributed by atoms with Gasteiger partial charge in [0.2, 0.25) is 5.71 Å². The van der Waals surface area contributed by atoms with Gasteiger partial charge in [-0.1, -0.05) is 6.42 Å². The molecule has 1 aliphatic carbocycles. The molecule has 1 N–H and O–H groups in total. The van der Waals surface area contributed by atoms with Crippen LogP contribution in [-0.2, 0) is 0 Å². The number of hydrogen-bond donors (Lipinski definition) is 1. The Balaban J connectivity index is 2.03. The summed E-state index contributed by atoms with van der Waals surface area (Å²) in [5.41, 5.74) is 3.69. The van der Waals surface area contributed by atoms with Gasteiger partial charge < -0.3 is 0 Å². The van der Waals surface area contributed by atoms with Gasteiger partial charge in [-0.25, -0.2) is 0 Å². The minimum absolute atomic E-state index is 0.181. The molecule has 94 valence electrons. The summed E-state index contributed by atoms with van der Waals surface area (Å²) >= 11 is 0. The number of carbonyl (C=O) groups is 1. The molecule has 0 spiro atoms. The number of hydrogen-bond acceptors (Lipinski definition) is 5. The van der Waals surface area contributed by atoms with Crippen molar-refractivity contribution >= 4 is 17.2 Å². The zero-order valence-electron chi connectivity index (χ0n) is 10.3. The van der Waals surface area contributed by atoms with Crippen LogP contribution >= 0.6 is 0 Å². The van der Waals surface area contributed by atoms with E-state index in [1.54, 1.807) is 36.4 Å². The van der Waals surface area contributed by atoms with E-state index in [9.17, 15) is 4.79 Å². The van der Waals surface area contributed by atoms with Crippen LogP contribution in [0.5, 0.6) is 0 Å². The Morgan fingerprint density at radius 3 is 2.32 bits per heavy atom. The first kappa shape index (κ1) is 12.8. The molecule has 1 aromatic rings. The first-order chi connectivity index (χ1) is 9.24. The molecule has 5 nitrogen and oxygen atoms in total. The van der Waals surface area contributed by atoms with E-state index in [1.807, 2.05) is 0 Å². The molecule has 1 aromatic carbocycles. The standard InChI is InChI=1S/C14H12N4O/c15-8-13(9-16)18-17-12-6-4-11(5-7-12)14(19)10-2-1-3-10/h4-7,10,17H,1-3H2. The largest absolute Gasteiger partial charge is 0.294 e. The van der Waals surface area contributed by atoms with E-state index in [4.69, 9.17) is 10.5 Å². The highest BCUT2D eigenvalue weighted by molar-refractivity contribution is 6.10. The molecule has 0 bridgehead atoms. The smallest absolute Gasteiger partial charge is 0.237 e. The predicted molar refractivity (Wildman–Crippen MR) is 70.4 cm³/mol. The number of hydrazone groups is 1. The molecule has 5 heteroatoms. The normalized spacial score (nSPS) is 13.6. The van der Waals surface area contributed by atoms with Crippen molar-refractivity contribution in [1.29, 1.82) is 10.5 Å². The van der Waals surface area contributed by atoms with Crippen LogP contribution in [0, 0.1) is 28.6 Å². The van der Waals surface area contributed by atoms with Gasteiger partial charge >= 0.3 is 0 Å². The van der Waals surface area contributed by atoms with E-state index in [2.05, 4.69) is 10.5 Å². The number of anilines is 1. The number of nitriles is 2. The summed E-state index contributed by atoms with van der Waals surface area (Å²) in [6.07, 6.45) is 3.10. The van der Waals surface area contributed by atoms with Gasteiger partial charge in [0.15, 0.2) is 5.78 Å². The lowest BCUT2D eigenvalue weighted by Gasteiger charge is -2.23. The monoisotopic (exact) mass is 252 g/mol. The first-order valence-corrected chi connectivity index (χ1v) is 6.03. The molecule has 1 aliphatic rings. The van der Waals surface area contributed by atoms with Gasteiger partial charge in [-0.2, -0.15) is 15.6 Å². The molecule has 19 heavy (non-hydrogen) atoms. The lowest BCUT2D eigenvalue weighted by molar-refractivity contribution is 0.0855. The predicted octanol–water partition coefficient (Wildman–Crippen LogP) is 2.48. The van der Waals surface area contributed by atoms with Crippen molar-refractivity contribution in [2.45, 2.75) is 19.3 Å². The topological polar surface area (TPSA) is 89.0 Å². The summed E-state index contributed by atoms with van der Waals surface area (Å²) in [6, 6.07) is 10.2. The molecule has 1 saturated carbocycles. The molecule has 0 saturated heterocycles. The third-order valence-corrected chi connectivity index (χ3v) is 3.15. The second-order valence-electron chi connectivity index (χ2n) is 4.37. The minimum atomic E-state index is -0.241. The molecular formula is C14H12N4O. The lowest BCUT2D eigenvalue weighted by Crippen LogP contribution is -2.21. The number of benzene rings is 1. The van der Waals surface area contributed by atoms with Crippen molar-refractivity contribution in [3.8, 4) is 12.1 Å². The Morgan fingerprint density at radius 1 is 1.21 bits per heavy atom. The third-order valence-electron chi connectivity index (χ3n) is 3.15. The average Bonchev–Trinajstić information content (AvgIpc) is 2.38. The van der Waals surface area contributed by atoms with E-state index < -0.39 is 0 Å². The quantitative estimate of drug-likeness (QED) is 0.506. The Labute approximate surface area is 111 Å². The number of Topliss-reactive ketones (excluding diaryl/α,β-unsaturated/α-hetero) is 1. The zero-order valence-corrected chi connectivity index (χ0v) is 10.3. The van der Waals surface area contributed by atoms with Gasteiger partial charge in [0.25, 0.3) is 0 Å². The molecule has 2 rings (SSSR count). The van der Waals surface area contributed by atoms with Crippen LogP contribution in [0.1, 0.15) is 29.6 Å². The van der Waals surface area contributed by atoms with Crippen molar-refractivity contribution in [3.63, 3.8) is 0 Å². The Bertz CT molecular complexity index is 569. The molecule has 0 radical (unpaired) electrons. The van der Waals surface area contributed by atoms with Gasteiger partial charge in [0.1, 0.15) is 12.1 Å². The number of nitrogens with one attached hydrogen (secondary N) is 1. The summed E-state index contributed by atoms with van der Waals surface area (Å²) in [5, 5.41) is 20.7. The molecule has 0 amide bonds. The summed E-state index contributed by atoms with van der Waals surface area (Å²) in [5.74, 6) is 0.372. The number of ketones is 1. The van der Waals surface area contributed by atoms with Crippen LogP contribution in [-0.4, -0.2) is 11.5 Å². The van der Waals surface area contributed by atoms with Crippen LogP contribution < -0.4 is 5.43 Å². The van der Waals surface area contributed by atoms with Crippen molar-refractivity contribution in [2.24, 2.45) is 11.0 Å². The molecule has 0 aromatic heterocycles. The highest BCUT2D eigenvalue weighted by atomic mass is 16.1. The van der Waals surface area contributed by atoms with Crippen LogP contribution in [0.2, 0.25) is 0 Å². The van der Waals surface area contributed by atoms with E-state index in [-0.39, 0.29) is 17.4 Å². The summed E-state index contributed by atoms with van der Waals surface area (Å²) < 4.78 is 0. The van der Waals surface area contributed by atoms with Crippen molar-refractivity contribution in [3.05, 3.63) is 29.8 Å². The molecule has 0 aliphatic heterocycles. The molecule has 1 fully saturated rings. The Kier molecular flexibility index (Phi) is 3.90. The van der Waals surface area contributed by atoms with Gasteiger partial charge in [-0.15, -0.1) is 0 Å². The van der Waals surface area contributed by atoms with E-state index >= 15 is 0 Å². The Hall–Kier alpha value is -2.66. The fourth-order valence-electron chi connectivity index (χ4n) is 1.81. The maximum atomic E-state index is 12.0. The average molecular weight is 252 g/mol. The second-order valence-corrected chi connectivity index (χ2v) is 4.37. The molecule has 0 unspecified atom stereocenters. The van der Waals surface area contributed by atoms with Gasteiger partial charge in [0.05, 0.1) is 5.69 Å². The highest BCUT2D eigenvalue weighted by Crippen LogP contribution is 2.29. The van der Waals surface area contributed by atoms with Crippen LogP contribution in [0.4, 0.5) is 5.69 Å². The maximum absolute atomic E-state index is 12.0. The van der Waals surface area contributed by atoms with Crippen LogP contribution in [0.15, 0.2) is 29.4 Å². The highest BCUT2D eigenvalue weighted by Gasteiger charge is 2.25. The fraction of sp³-hybridized carbons (Fsp3) is 0.286. The zero-order chi connectivity index (χ0) is 13.7. The van der Waals surface area contributed by atoms with Crippen LogP contribution in [0.25, 0.3) is 0 Å². The van der Waals surface area contributed by atoms with E-state index in [0.29, 0.717) is 11.3 Å². The first-order valence-electron chi connectivity index (χ1n) is 6.03. The van der Waals surface area contributed by atoms with Gasteiger partial charge in [-0.3, -0.25) is 10.2 Å². The SMILES string of the molecule is N#CC(C#N)=NNc1ccc(C(=O)C2CCC2)cc1. The van der Waals surface area contributed by atoms with E-state index in [0.717, 1.165) is 19.3 Å². The van der Waals surface area contributed by atoms with E-state index in [1.165, 1.54) is 0 Å². The van der Waals surface area contributed by atoms with Crippen LogP contribution in [0.3, 0.4) is 0 Å². The number of rotatable bonds is 4. The maximum Gasteiger partial charge on any atom is 0.237 e. The number of carbonyl (C=O) groups excluding carboxylic acids is 1. The lowest BCUT2D eigenvalue weighted by atomic mass is 9.80.